The summed E-state index contributed by atoms with van der Waals surface area (Å²) in [4.78, 5) is 13.3. The molecule has 31 heavy (non-hydrogen) atoms. The first-order chi connectivity index (χ1) is 14.9. The monoisotopic (exact) mass is 424 g/mol. The van der Waals surface area contributed by atoms with Crippen LogP contribution in [-0.2, 0) is 11.3 Å². The minimum absolute atomic E-state index is 0.0230. The van der Waals surface area contributed by atoms with Gasteiger partial charge < -0.3 is 0 Å². The number of hydrogen-bond acceptors (Lipinski definition) is 3. The number of carbonyl (C=O) groups is 1. The zero-order valence-corrected chi connectivity index (χ0v) is 16.6. The number of amides is 1. The third-order valence-corrected chi connectivity index (χ3v) is 7.02. The number of aromatic nitrogens is 2. The molecule has 1 aliphatic heterocycles. The van der Waals surface area contributed by atoms with E-state index < -0.39 is 23.1 Å². The Kier molecular flexibility index (Phi) is 3.71. The van der Waals surface area contributed by atoms with Crippen LogP contribution in [0, 0.1) is 28.3 Å². The van der Waals surface area contributed by atoms with E-state index in [9.17, 15) is 18.0 Å². The van der Waals surface area contributed by atoms with Gasteiger partial charge in [-0.2, -0.15) is 10.2 Å². The summed E-state index contributed by atoms with van der Waals surface area (Å²) in [5.41, 5.74) is 0.669. The molecule has 8 heteroatoms. The summed E-state index contributed by atoms with van der Waals surface area (Å²) in [6.07, 6.45) is 5.74. The molecule has 2 aromatic carbocycles. The zero-order valence-electron chi connectivity index (χ0n) is 16.6. The van der Waals surface area contributed by atoms with E-state index in [-0.39, 0.29) is 17.1 Å². The number of rotatable bonds is 4. The van der Waals surface area contributed by atoms with Gasteiger partial charge in [0.15, 0.2) is 0 Å². The maximum atomic E-state index is 13.9. The van der Waals surface area contributed by atoms with Gasteiger partial charge in [0.05, 0.1) is 28.6 Å². The van der Waals surface area contributed by atoms with Crippen LogP contribution >= 0.6 is 0 Å². The SMILES string of the molecule is O=C(N1N=CCC1c1cc(F)cc(F)c1)C12CC(Cn3ncc4c(F)cccc43)(C1)C2. The molecular formula is C23H19F3N4O. The number of carbonyl (C=O) groups excluding carboxylic acids is 1. The molecule has 2 bridgehead atoms. The van der Waals surface area contributed by atoms with Crippen molar-refractivity contribution >= 4 is 23.0 Å². The first-order valence-corrected chi connectivity index (χ1v) is 10.3. The van der Waals surface area contributed by atoms with Crippen LogP contribution in [0.25, 0.3) is 10.9 Å². The number of hydrazone groups is 1. The van der Waals surface area contributed by atoms with E-state index in [0.717, 1.165) is 11.6 Å². The highest BCUT2D eigenvalue weighted by Crippen LogP contribution is 2.74. The van der Waals surface area contributed by atoms with E-state index in [4.69, 9.17) is 0 Å². The van der Waals surface area contributed by atoms with Gasteiger partial charge in [-0.1, -0.05) is 6.07 Å². The van der Waals surface area contributed by atoms with E-state index in [1.807, 2.05) is 10.7 Å². The van der Waals surface area contributed by atoms with Crippen LogP contribution in [-0.4, -0.2) is 26.9 Å². The number of benzene rings is 2. The van der Waals surface area contributed by atoms with Crippen molar-refractivity contribution < 1.29 is 18.0 Å². The molecule has 0 N–H and O–H groups in total. The molecule has 0 radical (unpaired) electrons. The predicted molar refractivity (Wildman–Crippen MR) is 107 cm³/mol. The highest BCUT2D eigenvalue weighted by Gasteiger charge is 2.72. The lowest BCUT2D eigenvalue weighted by molar-refractivity contribution is -0.223. The molecule has 3 fully saturated rings. The van der Waals surface area contributed by atoms with E-state index in [1.165, 1.54) is 23.2 Å². The Balaban J connectivity index is 1.18. The van der Waals surface area contributed by atoms with E-state index in [0.29, 0.717) is 43.2 Å². The van der Waals surface area contributed by atoms with Crippen molar-refractivity contribution in [3.05, 3.63) is 65.6 Å². The van der Waals surface area contributed by atoms with Gasteiger partial charge in [0, 0.05) is 25.2 Å². The van der Waals surface area contributed by atoms with E-state index in [1.54, 1.807) is 18.5 Å². The number of halogens is 3. The van der Waals surface area contributed by atoms with Gasteiger partial charge in [-0.15, -0.1) is 0 Å². The van der Waals surface area contributed by atoms with Gasteiger partial charge in [0.2, 0.25) is 5.91 Å². The molecule has 4 aliphatic rings. The lowest BCUT2D eigenvalue weighted by Crippen LogP contribution is -2.68. The van der Waals surface area contributed by atoms with Gasteiger partial charge in [-0.05, 0) is 54.5 Å². The van der Waals surface area contributed by atoms with Crippen molar-refractivity contribution in [2.24, 2.45) is 15.9 Å². The van der Waals surface area contributed by atoms with Crippen molar-refractivity contribution in [1.82, 2.24) is 14.8 Å². The van der Waals surface area contributed by atoms with E-state index >= 15 is 0 Å². The Labute approximate surface area is 176 Å². The third kappa shape index (κ3) is 2.66. The molecule has 7 rings (SSSR count). The Morgan fingerprint density at radius 3 is 2.58 bits per heavy atom. The first-order valence-electron chi connectivity index (χ1n) is 10.3. The highest BCUT2D eigenvalue weighted by atomic mass is 19.1. The lowest BCUT2D eigenvalue weighted by atomic mass is 9.34. The lowest BCUT2D eigenvalue weighted by Gasteiger charge is -2.69. The molecule has 3 aliphatic carbocycles. The minimum Gasteiger partial charge on any atom is -0.272 e. The average molecular weight is 424 g/mol. The van der Waals surface area contributed by atoms with Crippen molar-refractivity contribution in [3.8, 4) is 0 Å². The second kappa shape index (κ2) is 6.18. The molecule has 3 aromatic rings. The normalized spacial score (nSPS) is 28.6. The molecular weight excluding hydrogens is 405 g/mol. The van der Waals surface area contributed by atoms with Crippen LogP contribution in [0.2, 0.25) is 0 Å². The Bertz CT molecular complexity index is 1230. The Morgan fingerprint density at radius 2 is 1.84 bits per heavy atom. The Hall–Kier alpha value is -3.16. The number of hydrogen-bond donors (Lipinski definition) is 0. The van der Waals surface area contributed by atoms with Crippen LogP contribution in [0.15, 0.2) is 47.7 Å². The van der Waals surface area contributed by atoms with Gasteiger partial charge in [0.25, 0.3) is 0 Å². The van der Waals surface area contributed by atoms with E-state index in [2.05, 4.69) is 10.2 Å². The molecule has 5 nitrogen and oxygen atoms in total. The highest BCUT2D eigenvalue weighted by molar-refractivity contribution is 5.88. The fraction of sp³-hybridized carbons (Fsp3) is 0.348. The molecule has 0 spiro atoms. The zero-order chi connectivity index (χ0) is 21.4. The fourth-order valence-electron chi connectivity index (χ4n) is 5.80. The van der Waals surface area contributed by atoms with Crippen molar-refractivity contribution in [1.29, 1.82) is 0 Å². The summed E-state index contributed by atoms with van der Waals surface area (Å²) in [7, 11) is 0. The molecule has 1 atom stereocenters. The van der Waals surface area contributed by atoms with Gasteiger partial charge >= 0.3 is 0 Å². The summed E-state index contributed by atoms with van der Waals surface area (Å²) in [5.74, 6) is -1.71. The summed E-state index contributed by atoms with van der Waals surface area (Å²) < 4.78 is 43.1. The Morgan fingerprint density at radius 1 is 1.10 bits per heavy atom. The van der Waals surface area contributed by atoms with Crippen molar-refractivity contribution in [2.45, 2.75) is 38.3 Å². The van der Waals surface area contributed by atoms with Gasteiger partial charge in [-0.3, -0.25) is 9.48 Å². The molecule has 2 heterocycles. The predicted octanol–water partition coefficient (Wildman–Crippen LogP) is 4.58. The average Bonchev–Trinajstić information content (AvgIpc) is 3.30. The second-order valence-corrected chi connectivity index (χ2v) is 9.19. The van der Waals surface area contributed by atoms with Gasteiger partial charge in [-0.25, -0.2) is 18.2 Å². The molecule has 1 aromatic heterocycles. The molecule has 3 saturated carbocycles. The summed E-state index contributed by atoms with van der Waals surface area (Å²) >= 11 is 0. The van der Waals surface area contributed by atoms with Crippen LogP contribution in [0.3, 0.4) is 0 Å². The van der Waals surface area contributed by atoms with Crippen molar-refractivity contribution in [3.63, 3.8) is 0 Å². The molecule has 0 saturated heterocycles. The third-order valence-electron chi connectivity index (χ3n) is 7.02. The fourth-order valence-corrected chi connectivity index (χ4v) is 5.80. The van der Waals surface area contributed by atoms with Gasteiger partial charge in [0.1, 0.15) is 17.5 Å². The largest absolute Gasteiger partial charge is 0.272 e. The molecule has 1 unspecified atom stereocenters. The smallest absolute Gasteiger partial charge is 0.249 e. The standard InChI is InChI=1S/C23H19F3N4O/c24-15-6-14(7-16(25)8-15)19-4-5-27-30(19)21(31)23-10-22(11-23,12-23)13-29-20-3-1-2-18(26)17(20)9-28-29/h1-3,5-9,19H,4,10-13H2. The van der Waals surface area contributed by atoms with Crippen LogP contribution in [0.5, 0.6) is 0 Å². The summed E-state index contributed by atoms with van der Waals surface area (Å²) in [5, 5.41) is 10.5. The minimum atomic E-state index is -0.665. The number of fused-ring (bicyclic) bond motifs is 1. The summed E-state index contributed by atoms with van der Waals surface area (Å²) in [6.45, 7) is 0.636. The van der Waals surface area contributed by atoms with Crippen molar-refractivity contribution in [2.75, 3.05) is 0 Å². The van der Waals surface area contributed by atoms with Crippen LogP contribution in [0.1, 0.15) is 37.3 Å². The van der Waals surface area contributed by atoms with Crippen LogP contribution < -0.4 is 0 Å². The topological polar surface area (TPSA) is 50.5 Å². The number of nitrogens with zero attached hydrogens (tertiary/aromatic N) is 4. The maximum Gasteiger partial charge on any atom is 0.249 e. The quantitative estimate of drug-likeness (QED) is 0.616. The second-order valence-electron chi connectivity index (χ2n) is 9.19. The molecule has 1 amide bonds. The maximum absolute atomic E-state index is 13.9. The van der Waals surface area contributed by atoms with Crippen LogP contribution in [0.4, 0.5) is 13.2 Å². The first kappa shape index (κ1) is 18.6. The summed E-state index contributed by atoms with van der Waals surface area (Å²) in [6, 6.07) is 7.79. The molecule has 158 valence electrons.